The summed E-state index contributed by atoms with van der Waals surface area (Å²) in [4.78, 5) is 2.28. The van der Waals surface area contributed by atoms with E-state index >= 15 is 0 Å². The van der Waals surface area contributed by atoms with Crippen LogP contribution in [-0.4, -0.2) is 68.3 Å². The Morgan fingerprint density at radius 1 is 1.17 bits per heavy atom. The number of sulfonamides is 1. The summed E-state index contributed by atoms with van der Waals surface area (Å²) < 4.78 is 27.0. The highest BCUT2D eigenvalue weighted by Gasteiger charge is 2.37. The molecule has 2 fully saturated rings. The summed E-state index contributed by atoms with van der Waals surface area (Å²) in [5.41, 5.74) is 0.823. The van der Waals surface area contributed by atoms with E-state index in [1.54, 1.807) is 4.31 Å². The lowest BCUT2D eigenvalue weighted by Gasteiger charge is -2.35. The Bertz CT molecular complexity index is 651. The fourth-order valence-electron chi connectivity index (χ4n) is 3.29. The normalized spacial score (nSPS) is 26.8. The third-order valence-corrected chi connectivity index (χ3v) is 7.11. The van der Waals surface area contributed by atoms with Crippen LogP contribution in [0.25, 0.3) is 0 Å². The number of hydrogen-bond acceptors (Lipinski definition) is 5. The lowest BCUT2D eigenvalue weighted by molar-refractivity contribution is 0.181. The standard InChI is InChI=1S/C16H25ClN4O2S/c1-16(11-18-13-19-16)12-24(22,23)21-8-6-20(7-9-21)10-14-2-4-15(17)5-3-14/h2-5,18-19H,6-13H2,1H3. The van der Waals surface area contributed by atoms with Gasteiger partial charge in [-0.25, -0.2) is 8.42 Å². The van der Waals surface area contributed by atoms with Gasteiger partial charge in [-0.15, -0.1) is 0 Å². The van der Waals surface area contributed by atoms with E-state index < -0.39 is 10.0 Å². The number of benzene rings is 1. The fourth-order valence-corrected chi connectivity index (χ4v) is 5.32. The maximum atomic E-state index is 12.7. The van der Waals surface area contributed by atoms with Crippen molar-refractivity contribution in [2.24, 2.45) is 0 Å². The molecule has 2 aliphatic rings. The smallest absolute Gasteiger partial charge is 0.216 e. The van der Waals surface area contributed by atoms with Gasteiger partial charge in [0.05, 0.1) is 5.75 Å². The van der Waals surface area contributed by atoms with Crippen LogP contribution in [0.3, 0.4) is 0 Å². The molecule has 2 heterocycles. The molecule has 0 bridgehead atoms. The highest BCUT2D eigenvalue weighted by Crippen LogP contribution is 2.17. The summed E-state index contributed by atoms with van der Waals surface area (Å²) in [5.74, 6) is 0.143. The van der Waals surface area contributed by atoms with Crippen LogP contribution in [0, 0.1) is 0 Å². The molecular weight excluding hydrogens is 348 g/mol. The molecule has 1 aromatic carbocycles. The van der Waals surface area contributed by atoms with Gasteiger partial charge >= 0.3 is 0 Å². The van der Waals surface area contributed by atoms with Crippen molar-refractivity contribution in [3.05, 3.63) is 34.9 Å². The summed E-state index contributed by atoms with van der Waals surface area (Å²) >= 11 is 5.91. The van der Waals surface area contributed by atoms with Crippen molar-refractivity contribution < 1.29 is 8.42 Å². The van der Waals surface area contributed by atoms with E-state index in [9.17, 15) is 8.42 Å². The van der Waals surface area contributed by atoms with E-state index in [0.717, 1.165) is 24.7 Å². The maximum Gasteiger partial charge on any atom is 0.216 e. The van der Waals surface area contributed by atoms with Crippen LogP contribution in [0.4, 0.5) is 0 Å². The summed E-state index contributed by atoms with van der Waals surface area (Å²) in [7, 11) is -3.24. The molecule has 2 N–H and O–H groups in total. The molecule has 134 valence electrons. The van der Waals surface area contributed by atoms with Gasteiger partial charge in [-0.3, -0.25) is 10.2 Å². The van der Waals surface area contributed by atoms with E-state index in [1.165, 1.54) is 5.56 Å². The maximum absolute atomic E-state index is 12.7. The quantitative estimate of drug-likeness (QED) is 0.796. The SMILES string of the molecule is CC1(CS(=O)(=O)N2CCN(Cc3ccc(Cl)cc3)CC2)CNCN1. The molecule has 0 saturated carbocycles. The van der Waals surface area contributed by atoms with Crippen molar-refractivity contribution in [1.29, 1.82) is 0 Å². The second-order valence-corrected chi connectivity index (χ2v) is 9.30. The first-order valence-corrected chi connectivity index (χ1v) is 10.3. The second kappa shape index (κ2) is 7.27. The summed E-state index contributed by atoms with van der Waals surface area (Å²) in [5, 5.41) is 7.14. The summed E-state index contributed by atoms with van der Waals surface area (Å²) in [6.07, 6.45) is 0. The monoisotopic (exact) mass is 372 g/mol. The van der Waals surface area contributed by atoms with E-state index in [4.69, 9.17) is 11.6 Å². The van der Waals surface area contributed by atoms with Crippen LogP contribution in [0.1, 0.15) is 12.5 Å². The third kappa shape index (κ3) is 4.47. The van der Waals surface area contributed by atoms with Crippen LogP contribution in [0.15, 0.2) is 24.3 Å². The van der Waals surface area contributed by atoms with Crippen molar-refractivity contribution in [1.82, 2.24) is 19.8 Å². The Morgan fingerprint density at radius 2 is 1.83 bits per heavy atom. The van der Waals surface area contributed by atoms with Crippen LogP contribution in [0.2, 0.25) is 5.02 Å². The van der Waals surface area contributed by atoms with Crippen molar-refractivity contribution in [2.75, 3.05) is 45.1 Å². The molecule has 1 unspecified atom stereocenters. The minimum Gasteiger partial charge on any atom is -0.303 e. The topological polar surface area (TPSA) is 64.7 Å². The van der Waals surface area contributed by atoms with Gasteiger partial charge in [-0.1, -0.05) is 23.7 Å². The van der Waals surface area contributed by atoms with Gasteiger partial charge in [0.1, 0.15) is 0 Å². The number of halogens is 1. The van der Waals surface area contributed by atoms with Gasteiger partial charge in [0.2, 0.25) is 10.0 Å². The summed E-state index contributed by atoms with van der Waals surface area (Å²) in [6, 6.07) is 7.82. The lowest BCUT2D eigenvalue weighted by Crippen LogP contribution is -2.54. The molecule has 8 heteroatoms. The molecular formula is C16H25ClN4O2S. The molecule has 1 atom stereocenters. The molecule has 24 heavy (non-hydrogen) atoms. The predicted octanol–water partition coefficient (Wildman–Crippen LogP) is 0.696. The van der Waals surface area contributed by atoms with Gasteiger partial charge < -0.3 is 5.32 Å². The summed E-state index contributed by atoms with van der Waals surface area (Å²) in [6.45, 7) is 6.76. The van der Waals surface area contributed by atoms with E-state index in [1.807, 2.05) is 31.2 Å². The van der Waals surface area contributed by atoms with Gasteiger partial charge in [-0.05, 0) is 24.6 Å². The molecule has 6 nitrogen and oxygen atoms in total. The van der Waals surface area contributed by atoms with Crippen LogP contribution in [0.5, 0.6) is 0 Å². The Morgan fingerprint density at radius 3 is 2.42 bits per heavy atom. The highest BCUT2D eigenvalue weighted by molar-refractivity contribution is 7.89. The molecule has 1 aromatic rings. The second-order valence-electron chi connectivity index (χ2n) is 6.90. The van der Waals surface area contributed by atoms with Crippen LogP contribution >= 0.6 is 11.6 Å². The average Bonchev–Trinajstić information content (AvgIpc) is 2.95. The third-order valence-electron chi connectivity index (χ3n) is 4.70. The Labute approximate surface area is 149 Å². The van der Waals surface area contributed by atoms with Crippen molar-refractivity contribution in [2.45, 2.75) is 19.0 Å². The minimum atomic E-state index is -3.24. The van der Waals surface area contributed by atoms with E-state index in [-0.39, 0.29) is 11.3 Å². The molecule has 0 aliphatic carbocycles. The number of nitrogens with zero attached hydrogens (tertiary/aromatic N) is 2. The molecule has 2 saturated heterocycles. The lowest BCUT2D eigenvalue weighted by atomic mass is 10.1. The first-order valence-electron chi connectivity index (χ1n) is 8.27. The molecule has 0 aromatic heterocycles. The largest absolute Gasteiger partial charge is 0.303 e. The zero-order valence-electron chi connectivity index (χ0n) is 14.0. The van der Waals surface area contributed by atoms with E-state index in [0.29, 0.717) is 26.3 Å². The number of nitrogens with one attached hydrogen (secondary N) is 2. The van der Waals surface area contributed by atoms with Crippen LogP contribution < -0.4 is 10.6 Å². The van der Waals surface area contributed by atoms with E-state index in [2.05, 4.69) is 15.5 Å². The van der Waals surface area contributed by atoms with Crippen molar-refractivity contribution in [3.63, 3.8) is 0 Å². The first kappa shape index (κ1) is 18.1. The number of piperazine rings is 1. The first-order chi connectivity index (χ1) is 11.4. The number of hydrogen-bond donors (Lipinski definition) is 2. The van der Waals surface area contributed by atoms with Crippen LogP contribution in [-0.2, 0) is 16.6 Å². The zero-order chi connectivity index (χ0) is 17.2. The highest BCUT2D eigenvalue weighted by atomic mass is 35.5. The van der Waals surface area contributed by atoms with Gasteiger partial charge in [0.25, 0.3) is 0 Å². The molecule has 2 aliphatic heterocycles. The molecule has 0 amide bonds. The number of rotatable bonds is 5. The predicted molar refractivity (Wildman–Crippen MR) is 96.5 cm³/mol. The molecule has 0 radical (unpaired) electrons. The van der Waals surface area contributed by atoms with Gasteiger partial charge in [0.15, 0.2) is 0 Å². The minimum absolute atomic E-state index is 0.143. The molecule has 0 spiro atoms. The fraction of sp³-hybridized carbons (Fsp3) is 0.625. The van der Waals surface area contributed by atoms with Gasteiger partial charge in [0, 0.05) is 56.5 Å². The zero-order valence-corrected chi connectivity index (χ0v) is 15.5. The molecule has 3 rings (SSSR count). The Balaban J connectivity index is 1.53. The average molecular weight is 373 g/mol. The van der Waals surface area contributed by atoms with Crippen molar-refractivity contribution in [3.8, 4) is 0 Å². The Hall–Kier alpha value is -0.700. The van der Waals surface area contributed by atoms with Gasteiger partial charge in [-0.2, -0.15) is 4.31 Å². The van der Waals surface area contributed by atoms with Crippen molar-refractivity contribution >= 4 is 21.6 Å². The Kier molecular flexibility index (Phi) is 5.48.